The molecule has 2 amide bonds. The molecular formula is C15H24N4O2. The SMILES string of the molecule is CCC(C)NC(=O)CCNc1cc(C(=O)NC)ccc1N. The zero-order chi connectivity index (χ0) is 15.8. The van der Waals surface area contributed by atoms with Crippen molar-refractivity contribution in [2.24, 2.45) is 0 Å². The topological polar surface area (TPSA) is 96.2 Å². The molecule has 0 saturated carbocycles. The molecular weight excluding hydrogens is 268 g/mol. The van der Waals surface area contributed by atoms with Gasteiger partial charge in [0.2, 0.25) is 5.91 Å². The summed E-state index contributed by atoms with van der Waals surface area (Å²) in [6.45, 7) is 4.45. The number of nitrogens with one attached hydrogen (secondary N) is 3. The first-order valence-electron chi connectivity index (χ1n) is 7.12. The molecule has 1 unspecified atom stereocenters. The summed E-state index contributed by atoms with van der Waals surface area (Å²) in [6.07, 6.45) is 1.26. The van der Waals surface area contributed by atoms with E-state index in [0.717, 1.165) is 6.42 Å². The maximum Gasteiger partial charge on any atom is 0.251 e. The van der Waals surface area contributed by atoms with E-state index in [2.05, 4.69) is 16.0 Å². The number of rotatable bonds is 7. The van der Waals surface area contributed by atoms with Crippen LogP contribution < -0.4 is 21.7 Å². The minimum atomic E-state index is -0.174. The fraction of sp³-hybridized carbons (Fsp3) is 0.467. The van der Waals surface area contributed by atoms with E-state index in [9.17, 15) is 9.59 Å². The van der Waals surface area contributed by atoms with Crippen LogP contribution in [0.25, 0.3) is 0 Å². The van der Waals surface area contributed by atoms with Crippen LogP contribution in [0.3, 0.4) is 0 Å². The molecule has 5 N–H and O–H groups in total. The summed E-state index contributed by atoms with van der Waals surface area (Å²) in [7, 11) is 1.57. The van der Waals surface area contributed by atoms with Gasteiger partial charge in [0, 0.05) is 31.6 Å². The molecule has 1 aromatic rings. The maximum atomic E-state index is 11.7. The van der Waals surface area contributed by atoms with Crippen molar-refractivity contribution in [2.45, 2.75) is 32.7 Å². The molecule has 116 valence electrons. The first-order chi connectivity index (χ1) is 9.97. The van der Waals surface area contributed by atoms with E-state index < -0.39 is 0 Å². The number of carbonyl (C=O) groups is 2. The normalized spacial score (nSPS) is 11.6. The Morgan fingerprint density at radius 3 is 2.67 bits per heavy atom. The Hall–Kier alpha value is -2.24. The van der Waals surface area contributed by atoms with Crippen molar-refractivity contribution in [1.29, 1.82) is 0 Å². The molecule has 0 radical (unpaired) electrons. The van der Waals surface area contributed by atoms with Crippen molar-refractivity contribution >= 4 is 23.2 Å². The van der Waals surface area contributed by atoms with E-state index >= 15 is 0 Å². The minimum Gasteiger partial charge on any atom is -0.397 e. The summed E-state index contributed by atoms with van der Waals surface area (Å²) in [5, 5.41) is 8.54. The molecule has 6 heteroatoms. The summed E-state index contributed by atoms with van der Waals surface area (Å²) < 4.78 is 0. The number of carbonyl (C=O) groups excluding carboxylic acids is 2. The average Bonchev–Trinajstić information content (AvgIpc) is 2.48. The van der Waals surface area contributed by atoms with Gasteiger partial charge in [0.15, 0.2) is 0 Å². The van der Waals surface area contributed by atoms with Gasteiger partial charge in [-0.2, -0.15) is 0 Å². The monoisotopic (exact) mass is 292 g/mol. The second-order valence-corrected chi connectivity index (χ2v) is 4.93. The van der Waals surface area contributed by atoms with E-state index in [4.69, 9.17) is 5.73 Å². The molecule has 6 nitrogen and oxygen atoms in total. The molecule has 1 aromatic carbocycles. The predicted molar refractivity (Wildman–Crippen MR) is 85.2 cm³/mol. The quantitative estimate of drug-likeness (QED) is 0.570. The first kappa shape index (κ1) is 16.8. The van der Waals surface area contributed by atoms with E-state index in [1.165, 1.54) is 0 Å². The molecule has 1 rings (SSSR count). The lowest BCUT2D eigenvalue weighted by molar-refractivity contribution is -0.121. The van der Waals surface area contributed by atoms with Crippen molar-refractivity contribution < 1.29 is 9.59 Å². The number of amides is 2. The van der Waals surface area contributed by atoms with Gasteiger partial charge in [-0.3, -0.25) is 9.59 Å². The fourth-order valence-corrected chi connectivity index (χ4v) is 1.75. The molecule has 0 aliphatic heterocycles. The molecule has 0 aliphatic rings. The number of nitrogens with two attached hydrogens (primary N) is 1. The van der Waals surface area contributed by atoms with Crippen LogP contribution in [0.15, 0.2) is 18.2 Å². The number of hydrogen-bond acceptors (Lipinski definition) is 4. The van der Waals surface area contributed by atoms with Crippen LogP contribution in [-0.2, 0) is 4.79 Å². The lowest BCUT2D eigenvalue weighted by atomic mass is 10.1. The molecule has 0 fully saturated rings. The van der Waals surface area contributed by atoms with Gasteiger partial charge in [-0.1, -0.05) is 6.92 Å². The third-order valence-corrected chi connectivity index (χ3v) is 3.23. The van der Waals surface area contributed by atoms with Crippen molar-refractivity contribution in [3.8, 4) is 0 Å². The van der Waals surface area contributed by atoms with E-state index in [1.807, 2.05) is 13.8 Å². The molecule has 0 saturated heterocycles. The summed E-state index contributed by atoms with van der Waals surface area (Å²) in [5.74, 6) is -0.176. The van der Waals surface area contributed by atoms with Crippen LogP contribution in [0.2, 0.25) is 0 Å². The van der Waals surface area contributed by atoms with Crippen LogP contribution in [-0.4, -0.2) is 31.4 Å². The standard InChI is InChI=1S/C15H24N4O2/c1-4-10(2)19-14(20)7-8-18-13-9-11(15(21)17-3)5-6-12(13)16/h5-6,9-10,18H,4,7-8,16H2,1-3H3,(H,17,21)(H,19,20). The fourth-order valence-electron chi connectivity index (χ4n) is 1.75. The van der Waals surface area contributed by atoms with Crippen LogP contribution in [0.1, 0.15) is 37.0 Å². The Labute approximate surface area is 125 Å². The lowest BCUT2D eigenvalue weighted by Gasteiger charge is -2.13. The maximum absolute atomic E-state index is 11.7. The predicted octanol–water partition coefficient (Wildman–Crippen LogP) is 1.35. The number of hydrogen-bond donors (Lipinski definition) is 4. The Bertz CT molecular complexity index is 502. The van der Waals surface area contributed by atoms with Gasteiger partial charge in [-0.05, 0) is 31.5 Å². The third-order valence-electron chi connectivity index (χ3n) is 3.23. The van der Waals surface area contributed by atoms with E-state index in [1.54, 1.807) is 25.2 Å². The second-order valence-electron chi connectivity index (χ2n) is 4.93. The molecule has 0 aliphatic carbocycles. The Kier molecular flexibility index (Phi) is 6.52. The van der Waals surface area contributed by atoms with E-state index in [0.29, 0.717) is 29.9 Å². The highest BCUT2D eigenvalue weighted by Crippen LogP contribution is 2.19. The number of benzene rings is 1. The van der Waals surface area contributed by atoms with Gasteiger partial charge in [0.25, 0.3) is 5.91 Å². The van der Waals surface area contributed by atoms with Gasteiger partial charge in [0.1, 0.15) is 0 Å². The van der Waals surface area contributed by atoms with Gasteiger partial charge >= 0.3 is 0 Å². The van der Waals surface area contributed by atoms with Gasteiger partial charge in [-0.15, -0.1) is 0 Å². The number of nitrogen functional groups attached to an aromatic ring is 1. The van der Waals surface area contributed by atoms with Gasteiger partial charge < -0.3 is 21.7 Å². The Morgan fingerprint density at radius 2 is 2.05 bits per heavy atom. The van der Waals surface area contributed by atoms with Crippen LogP contribution >= 0.6 is 0 Å². The summed E-state index contributed by atoms with van der Waals surface area (Å²) >= 11 is 0. The van der Waals surface area contributed by atoms with Gasteiger partial charge in [0.05, 0.1) is 11.4 Å². The van der Waals surface area contributed by atoms with Crippen molar-refractivity contribution in [3.05, 3.63) is 23.8 Å². The van der Waals surface area contributed by atoms with E-state index in [-0.39, 0.29) is 17.9 Å². The highest BCUT2D eigenvalue weighted by Gasteiger charge is 2.08. The minimum absolute atomic E-state index is 0.00197. The smallest absolute Gasteiger partial charge is 0.251 e. The van der Waals surface area contributed by atoms with Crippen LogP contribution in [0.4, 0.5) is 11.4 Å². The highest BCUT2D eigenvalue weighted by atomic mass is 16.2. The zero-order valence-electron chi connectivity index (χ0n) is 12.8. The van der Waals surface area contributed by atoms with Crippen molar-refractivity contribution in [1.82, 2.24) is 10.6 Å². The highest BCUT2D eigenvalue weighted by molar-refractivity contribution is 5.96. The molecule has 0 spiro atoms. The molecule has 0 heterocycles. The lowest BCUT2D eigenvalue weighted by Crippen LogP contribution is -2.33. The van der Waals surface area contributed by atoms with Gasteiger partial charge in [-0.25, -0.2) is 0 Å². The average molecular weight is 292 g/mol. The largest absolute Gasteiger partial charge is 0.397 e. The number of anilines is 2. The summed E-state index contributed by atoms with van der Waals surface area (Å²) in [4.78, 5) is 23.2. The molecule has 0 bridgehead atoms. The second kappa shape index (κ2) is 8.14. The molecule has 0 aromatic heterocycles. The molecule has 21 heavy (non-hydrogen) atoms. The first-order valence-corrected chi connectivity index (χ1v) is 7.12. The Morgan fingerprint density at radius 1 is 1.33 bits per heavy atom. The summed E-state index contributed by atoms with van der Waals surface area (Å²) in [6, 6.07) is 5.20. The van der Waals surface area contributed by atoms with Crippen molar-refractivity contribution in [2.75, 3.05) is 24.6 Å². The van der Waals surface area contributed by atoms with Crippen molar-refractivity contribution in [3.63, 3.8) is 0 Å². The Balaban J connectivity index is 2.55. The third kappa shape index (κ3) is 5.33. The zero-order valence-corrected chi connectivity index (χ0v) is 12.8. The summed E-state index contributed by atoms with van der Waals surface area (Å²) in [5.41, 5.74) is 7.59. The van der Waals surface area contributed by atoms with Crippen LogP contribution in [0, 0.1) is 0 Å². The molecule has 1 atom stereocenters. The van der Waals surface area contributed by atoms with Crippen LogP contribution in [0.5, 0.6) is 0 Å².